The van der Waals surface area contributed by atoms with Crippen molar-refractivity contribution in [1.82, 2.24) is 0 Å². The average Bonchev–Trinajstić information content (AvgIpc) is 2.32. The van der Waals surface area contributed by atoms with Crippen LogP contribution in [0.2, 0.25) is 0 Å². The molecular weight excluding hydrogens is 302 g/mol. The molecule has 1 amide bonds. The standard InChI is InChI=1S/C13H13BrClNO/c14-9-2-1-3-11-4-6-12(7-5-11)16-13(17)8-10-15/h4-7H,2,8-10H2,(H,16,17). The molecule has 0 saturated carbocycles. The third-order valence-electron chi connectivity index (χ3n) is 1.94. The molecule has 0 aliphatic heterocycles. The number of carbonyl (C=O) groups is 1. The predicted molar refractivity (Wildman–Crippen MR) is 75.7 cm³/mol. The summed E-state index contributed by atoms with van der Waals surface area (Å²) < 4.78 is 0. The van der Waals surface area contributed by atoms with E-state index in [0.29, 0.717) is 12.3 Å². The summed E-state index contributed by atoms with van der Waals surface area (Å²) in [6.07, 6.45) is 1.16. The first kappa shape index (κ1) is 14.1. The highest BCUT2D eigenvalue weighted by atomic mass is 79.9. The largest absolute Gasteiger partial charge is 0.326 e. The van der Waals surface area contributed by atoms with Crippen molar-refractivity contribution in [2.75, 3.05) is 16.5 Å². The minimum Gasteiger partial charge on any atom is -0.326 e. The number of anilines is 1. The Hall–Kier alpha value is -0.980. The number of nitrogens with one attached hydrogen (secondary N) is 1. The Bertz CT molecular complexity index is 419. The number of benzene rings is 1. The van der Waals surface area contributed by atoms with Gasteiger partial charge in [0, 0.05) is 35.3 Å². The van der Waals surface area contributed by atoms with Gasteiger partial charge in [0.1, 0.15) is 0 Å². The molecule has 90 valence electrons. The van der Waals surface area contributed by atoms with Crippen molar-refractivity contribution in [2.45, 2.75) is 12.8 Å². The highest BCUT2D eigenvalue weighted by molar-refractivity contribution is 9.09. The van der Waals surface area contributed by atoms with Crippen LogP contribution in [0.15, 0.2) is 24.3 Å². The Morgan fingerprint density at radius 1 is 1.35 bits per heavy atom. The SMILES string of the molecule is O=C(CCCl)Nc1ccc(C#CCCBr)cc1. The third-order valence-corrected chi connectivity index (χ3v) is 2.53. The number of halogens is 2. The molecule has 1 aromatic carbocycles. The zero-order chi connectivity index (χ0) is 12.5. The van der Waals surface area contributed by atoms with Crippen molar-refractivity contribution in [1.29, 1.82) is 0 Å². The summed E-state index contributed by atoms with van der Waals surface area (Å²) in [7, 11) is 0. The maximum absolute atomic E-state index is 11.3. The van der Waals surface area contributed by atoms with Crippen LogP contribution in [0.1, 0.15) is 18.4 Å². The average molecular weight is 315 g/mol. The Morgan fingerprint density at radius 3 is 2.65 bits per heavy atom. The van der Waals surface area contributed by atoms with Crippen LogP contribution in [0, 0.1) is 11.8 Å². The van der Waals surface area contributed by atoms with Gasteiger partial charge in [-0.15, -0.1) is 11.6 Å². The van der Waals surface area contributed by atoms with Crippen molar-refractivity contribution in [3.8, 4) is 11.8 Å². The lowest BCUT2D eigenvalue weighted by molar-refractivity contribution is -0.115. The number of alkyl halides is 2. The van der Waals surface area contributed by atoms with E-state index in [0.717, 1.165) is 23.0 Å². The smallest absolute Gasteiger partial charge is 0.225 e. The van der Waals surface area contributed by atoms with Gasteiger partial charge in [-0.05, 0) is 24.3 Å². The van der Waals surface area contributed by atoms with E-state index in [2.05, 4.69) is 33.1 Å². The Morgan fingerprint density at radius 2 is 2.06 bits per heavy atom. The van der Waals surface area contributed by atoms with Crippen LogP contribution in [0.5, 0.6) is 0 Å². The van der Waals surface area contributed by atoms with Gasteiger partial charge in [0.2, 0.25) is 5.91 Å². The maximum Gasteiger partial charge on any atom is 0.225 e. The molecule has 0 atom stereocenters. The summed E-state index contributed by atoms with van der Waals surface area (Å²) in [6, 6.07) is 7.45. The molecule has 2 nitrogen and oxygen atoms in total. The second-order valence-electron chi connectivity index (χ2n) is 3.31. The van der Waals surface area contributed by atoms with Crippen molar-refractivity contribution >= 4 is 39.1 Å². The minimum atomic E-state index is -0.0712. The van der Waals surface area contributed by atoms with Gasteiger partial charge < -0.3 is 5.32 Å². The highest BCUT2D eigenvalue weighted by Crippen LogP contribution is 2.09. The summed E-state index contributed by atoms with van der Waals surface area (Å²) in [5, 5.41) is 3.64. The van der Waals surface area contributed by atoms with Crippen LogP contribution in [-0.2, 0) is 4.79 Å². The fourth-order valence-corrected chi connectivity index (χ4v) is 1.53. The third kappa shape index (κ3) is 5.76. The van der Waals surface area contributed by atoms with E-state index in [1.807, 2.05) is 24.3 Å². The second kappa shape index (κ2) is 8.16. The summed E-state index contributed by atoms with van der Waals surface area (Å²) >= 11 is 8.79. The Labute approximate surface area is 115 Å². The van der Waals surface area contributed by atoms with Crippen LogP contribution in [-0.4, -0.2) is 17.1 Å². The van der Waals surface area contributed by atoms with Gasteiger partial charge in [-0.25, -0.2) is 0 Å². The number of rotatable bonds is 4. The van der Waals surface area contributed by atoms with Gasteiger partial charge in [-0.3, -0.25) is 4.79 Å². The van der Waals surface area contributed by atoms with Gasteiger partial charge in [0.05, 0.1) is 0 Å². The van der Waals surface area contributed by atoms with Gasteiger partial charge in [0.15, 0.2) is 0 Å². The van der Waals surface area contributed by atoms with Gasteiger partial charge in [-0.1, -0.05) is 27.8 Å². The molecular formula is C13H13BrClNO. The molecule has 0 heterocycles. The fraction of sp³-hybridized carbons (Fsp3) is 0.308. The molecule has 0 radical (unpaired) electrons. The van der Waals surface area contributed by atoms with Crippen molar-refractivity contribution in [3.05, 3.63) is 29.8 Å². The monoisotopic (exact) mass is 313 g/mol. The number of carbonyl (C=O) groups excluding carboxylic acids is 1. The Kier molecular flexibility index (Phi) is 6.76. The van der Waals surface area contributed by atoms with Gasteiger partial charge in [-0.2, -0.15) is 0 Å². The van der Waals surface area contributed by atoms with E-state index in [-0.39, 0.29) is 5.91 Å². The predicted octanol–water partition coefficient (Wildman–Crippen LogP) is 3.39. The summed E-state index contributed by atoms with van der Waals surface area (Å²) in [4.78, 5) is 11.3. The number of hydrogen-bond acceptors (Lipinski definition) is 1. The zero-order valence-corrected chi connectivity index (χ0v) is 11.6. The summed E-state index contributed by atoms with van der Waals surface area (Å²) in [6.45, 7) is 0. The van der Waals surface area contributed by atoms with Gasteiger partial charge in [0.25, 0.3) is 0 Å². The van der Waals surface area contributed by atoms with Crippen LogP contribution >= 0.6 is 27.5 Å². The number of hydrogen-bond donors (Lipinski definition) is 1. The quantitative estimate of drug-likeness (QED) is 0.670. The van der Waals surface area contributed by atoms with E-state index in [4.69, 9.17) is 11.6 Å². The molecule has 0 unspecified atom stereocenters. The van der Waals surface area contributed by atoms with Crippen LogP contribution in [0.3, 0.4) is 0 Å². The molecule has 0 saturated heterocycles. The minimum absolute atomic E-state index is 0.0712. The van der Waals surface area contributed by atoms with E-state index in [1.54, 1.807) is 0 Å². The highest BCUT2D eigenvalue weighted by Gasteiger charge is 2.00. The first-order valence-electron chi connectivity index (χ1n) is 5.27. The summed E-state index contributed by atoms with van der Waals surface area (Å²) in [5.41, 5.74) is 1.72. The topological polar surface area (TPSA) is 29.1 Å². The van der Waals surface area contributed by atoms with Crippen molar-refractivity contribution in [2.24, 2.45) is 0 Å². The van der Waals surface area contributed by atoms with Gasteiger partial charge >= 0.3 is 0 Å². The molecule has 1 N–H and O–H groups in total. The molecule has 1 rings (SSSR count). The van der Waals surface area contributed by atoms with E-state index in [1.165, 1.54) is 0 Å². The molecule has 0 bridgehead atoms. The lowest BCUT2D eigenvalue weighted by Gasteiger charge is -2.03. The first-order chi connectivity index (χ1) is 8.26. The lowest BCUT2D eigenvalue weighted by atomic mass is 10.2. The molecule has 4 heteroatoms. The second-order valence-corrected chi connectivity index (χ2v) is 4.48. The molecule has 0 spiro atoms. The lowest BCUT2D eigenvalue weighted by Crippen LogP contribution is -2.11. The Balaban J connectivity index is 2.56. The van der Waals surface area contributed by atoms with E-state index >= 15 is 0 Å². The first-order valence-corrected chi connectivity index (χ1v) is 6.92. The van der Waals surface area contributed by atoms with Crippen molar-refractivity contribution < 1.29 is 4.79 Å². The molecule has 0 fully saturated rings. The number of amides is 1. The van der Waals surface area contributed by atoms with E-state index in [9.17, 15) is 4.79 Å². The van der Waals surface area contributed by atoms with Crippen LogP contribution in [0.4, 0.5) is 5.69 Å². The maximum atomic E-state index is 11.3. The van der Waals surface area contributed by atoms with Crippen molar-refractivity contribution in [3.63, 3.8) is 0 Å². The molecule has 0 aliphatic carbocycles. The van der Waals surface area contributed by atoms with Crippen LogP contribution in [0.25, 0.3) is 0 Å². The van der Waals surface area contributed by atoms with E-state index < -0.39 is 0 Å². The molecule has 0 aromatic heterocycles. The normalized spacial score (nSPS) is 9.29. The fourth-order valence-electron chi connectivity index (χ4n) is 1.16. The molecule has 17 heavy (non-hydrogen) atoms. The zero-order valence-electron chi connectivity index (χ0n) is 9.30. The molecule has 1 aromatic rings. The van der Waals surface area contributed by atoms with Crippen LogP contribution < -0.4 is 5.32 Å². The summed E-state index contributed by atoms with van der Waals surface area (Å²) in [5.74, 6) is 6.33. The molecule has 0 aliphatic rings.